The van der Waals surface area contributed by atoms with Crippen LogP contribution in [0.4, 0.5) is 0 Å². The van der Waals surface area contributed by atoms with Gasteiger partial charge < -0.3 is 14.2 Å². The third-order valence-electron chi connectivity index (χ3n) is 1.71. The zero-order valence-corrected chi connectivity index (χ0v) is 12.0. The van der Waals surface area contributed by atoms with Gasteiger partial charge >= 0.3 is 5.97 Å². The van der Waals surface area contributed by atoms with Crippen LogP contribution in [0.15, 0.2) is 12.2 Å². The van der Waals surface area contributed by atoms with E-state index in [1.807, 2.05) is 13.8 Å². The Morgan fingerprint density at radius 1 is 1.33 bits per heavy atom. The molecular weight excluding hydrogens is 212 g/mol. The standard InChI is InChI=1S/C10H20O4Si/c1-5-13-10(15,14-6-2)7-12-9(11)8(3)4/h3,5-7H2,1-2,4,15H3. The van der Waals surface area contributed by atoms with Crippen molar-refractivity contribution in [1.29, 1.82) is 0 Å². The predicted molar refractivity (Wildman–Crippen MR) is 61.7 cm³/mol. The Balaban J connectivity index is 4.17. The lowest BCUT2D eigenvalue weighted by Crippen LogP contribution is -2.42. The Labute approximate surface area is 94.0 Å². The maximum atomic E-state index is 11.2. The second-order valence-corrected chi connectivity index (χ2v) is 4.88. The van der Waals surface area contributed by atoms with E-state index in [4.69, 9.17) is 14.2 Å². The molecular formula is C10H20O4Si. The van der Waals surface area contributed by atoms with Crippen LogP contribution in [0.1, 0.15) is 20.8 Å². The normalized spacial score (nSPS) is 11.4. The van der Waals surface area contributed by atoms with Crippen LogP contribution >= 0.6 is 0 Å². The molecule has 0 aliphatic heterocycles. The lowest BCUT2D eigenvalue weighted by Gasteiger charge is -2.28. The summed E-state index contributed by atoms with van der Waals surface area (Å²) in [6.45, 7) is 10.1. The van der Waals surface area contributed by atoms with Crippen molar-refractivity contribution in [2.24, 2.45) is 0 Å². The summed E-state index contributed by atoms with van der Waals surface area (Å²) in [5.74, 6) is -0.408. The summed E-state index contributed by atoms with van der Waals surface area (Å²) < 4.78 is 15.9. The van der Waals surface area contributed by atoms with Crippen LogP contribution in [0.3, 0.4) is 0 Å². The molecule has 0 rings (SSSR count). The summed E-state index contributed by atoms with van der Waals surface area (Å²) in [6, 6.07) is 0. The van der Waals surface area contributed by atoms with Crippen LogP contribution in [0.2, 0.25) is 0 Å². The van der Waals surface area contributed by atoms with Gasteiger partial charge in [0.15, 0.2) is 5.41 Å². The highest BCUT2D eigenvalue weighted by molar-refractivity contribution is 6.13. The monoisotopic (exact) mass is 232 g/mol. The van der Waals surface area contributed by atoms with Gasteiger partial charge in [0.25, 0.3) is 0 Å². The molecule has 0 N–H and O–H groups in total. The molecule has 0 radical (unpaired) electrons. The molecule has 0 saturated carbocycles. The molecule has 0 aromatic carbocycles. The van der Waals surface area contributed by atoms with Crippen molar-refractivity contribution in [2.75, 3.05) is 19.8 Å². The van der Waals surface area contributed by atoms with E-state index in [0.717, 1.165) is 0 Å². The lowest BCUT2D eigenvalue weighted by molar-refractivity contribution is -0.203. The van der Waals surface area contributed by atoms with Crippen molar-refractivity contribution in [2.45, 2.75) is 26.2 Å². The fraction of sp³-hybridized carbons (Fsp3) is 0.700. The summed E-state index contributed by atoms with van der Waals surface area (Å²) in [7, 11) is 0.638. The number of esters is 1. The van der Waals surface area contributed by atoms with E-state index >= 15 is 0 Å². The first-order valence-corrected chi connectivity index (χ1v) is 6.05. The summed E-state index contributed by atoms with van der Waals surface area (Å²) in [5, 5.41) is 0. The maximum absolute atomic E-state index is 11.2. The van der Waals surface area contributed by atoms with Crippen molar-refractivity contribution in [3.05, 3.63) is 12.2 Å². The van der Waals surface area contributed by atoms with E-state index < -0.39 is 11.4 Å². The highest BCUT2D eigenvalue weighted by atomic mass is 28.1. The van der Waals surface area contributed by atoms with Crippen LogP contribution in [-0.4, -0.2) is 41.4 Å². The van der Waals surface area contributed by atoms with Gasteiger partial charge in [-0.3, -0.25) is 0 Å². The van der Waals surface area contributed by atoms with Crippen LogP contribution in [-0.2, 0) is 19.0 Å². The van der Waals surface area contributed by atoms with Gasteiger partial charge in [0.1, 0.15) is 6.61 Å². The van der Waals surface area contributed by atoms with Crippen molar-refractivity contribution in [1.82, 2.24) is 0 Å². The second-order valence-electron chi connectivity index (χ2n) is 3.36. The Hall–Kier alpha value is -0.653. The molecule has 0 atom stereocenters. The number of ether oxygens (including phenoxy) is 3. The lowest BCUT2D eigenvalue weighted by atomic mass is 10.4. The van der Waals surface area contributed by atoms with E-state index in [-0.39, 0.29) is 6.61 Å². The van der Waals surface area contributed by atoms with Gasteiger partial charge in [0.2, 0.25) is 0 Å². The highest BCUT2D eigenvalue weighted by Crippen LogP contribution is 2.10. The molecule has 5 heteroatoms. The summed E-state index contributed by atoms with van der Waals surface area (Å²) in [6.07, 6.45) is 0. The Bertz CT molecular complexity index is 221. The second kappa shape index (κ2) is 6.76. The van der Waals surface area contributed by atoms with Gasteiger partial charge in [0, 0.05) is 18.8 Å². The van der Waals surface area contributed by atoms with Crippen LogP contribution in [0.5, 0.6) is 0 Å². The molecule has 0 aliphatic rings. The molecule has 88 valence electrons. The van der Waals surface area contributed by atoms with Crippen LogP contribution < -0.4 is 0 Å². The van der Waals surface area contributed by atoms with Crippen LogP contribution in [0.25, 0.3) is 0 Å². The molecule has 0 aromatic heterocycles. The van der Waals surface area contributed by atoms with Gasteiger partial charge in [-0.25, -0.2) is 4.79 Å². The van der Waals surface area contributed by atoms with Gasteiger partial charge in [0.05, 0.1) is 10.2 Å². The van der Waals surface area contributed by atoms with Crippen LogP contribution in [0, 0.1) is 0 Å². The van der Waals surface area contributed by atoms with Crippen molar-refractivity contribution >= 4 is 16.2 Å². The molecule has 0 saturated heterocycles. The average Bonchev–Trinajstić information content (AvgIpc) is 2.15. The number of carbonyl (C=O) groups excluding carboxylic acids is 1. The van der Waals surface area contributed by atoms with Gasteiger partial charge in [-0.15, -0.1) is 0 Å². The third-order valence-corrected chi connectivity index (χ3v) is 2.58. The van der Waals surface area contributed by atoms with E-state index in [0.29, 0.717) is 29.0 Å². The van der Waals surface area contributed by atoms with Crippen molar-refractivity contribution in [3.8, 4) is 0 Å². The number of carbonyl (C=O) groups is 1. The molecule has 4 nitrogen and oxygen atoms in total. The Morgan fingerprint density at radius 3 is 2.13 bits per heavy atom. The summed E-state index contributed by atoms with van der Waals surface area (Å²) in [4.78, 5) is 11.2. The van der Waals surface area contributed by atoms with Gasteiger partial charge in [-0.1, -0.05) is 6.58 Å². The SMILES string of the molecule is C=C(C)C(=O)OCC([SiH3])(OCC)OCC. The Kier molecular flexibility index (Phi) is 6.47. The summed E-state index contributed by atoms with van der Waals surface area (Å²) in [5.41, 5.74) is -0.346. The molecule has 0 bridgehead atoms. The summed E-state index contributed by atoms with van der Waals surface area (Å²) >= 11 is 0. The highest BCUT2D eigenvalue weighted by Gasteiger charge is 2.26. The van der Waals surface area contributed by atoms with Gasteiger partial charge in [-0.2, -0.15) is 0 Å². The third kappa shape index (κ3) is 5.71. The molecule has 0 fully saturated rings. The number of rotatable bonds is 7. The zero-order chi connectivity index (χ0) is 11.9. The molecule has 0 aliphatic carbocycles. The molecule has 0 amide bonds. The fourth-order valence-corrected chi connectivity index (χ4v) is 1.78. The first-order valence-electron chi connectivity index (χ1n) is 5.05. The largest absolute Gasteiger partial charge is 0.457 e. The van der Waals surface area contributed by atoms with Gasteiger partial charge in [-0.05, 0) is 20.8 Å². The maximum Gasteiger partial charge on any atom is 0.333 e. The van der Waals surface area contributed by atoms with E-state index in [1.54, 1.807) is 6.92 Å². The Morgan fingerprint density at radius 2 is 1.80 bits per heavy atom. The minimum Gasteiger partial charge on any atom is -0.457 e. The number of hydrogen-bond acceptors (Lipinski definition) is 4. The quantitative estimate of drug-likeness (QED) is 0.272. The molecule has 0 aromatic rings. The zero-order valence-electron chi connectivity index (χ0n) is 9.96. The van der Waals surface area contributed by atoms with Crippen molar-refractivity contribution in [3.63, 3.8) is 0 Å². The van der Waals surface area contributed by atoms with Crippen molar-refractivity contribution < 1.29 is 19.0 Å². The minimum absolute atomic E-state index is 0.132. The minimum atomic E-state index is -0.728. The van der Waals surface area contributed by atoms with E-state index in [2.05, 4.69) is 6.58 Å². The predicted octanol–water partition coefficient (Wildman–Crippen LogP) is 0.198. The molecule has 0 heterocycles. The van der Waals surface area contributed by atoms with E-state index in [9.17, 15) is 4.79 Å². The number of hydrogen-bond donors (Lipinski definition) is 0. The molecule has 15 heavy (non-hydrogen) atoms. The smallest absolute Gasteiger partial charge is 0.333 e. The topological polar surface area (TPSA) is 44.8 Å². The molecule has 0 spiro atoms. The first kappa shape index (κ1) is 14.3. The average molecular weight is 232 g/mol. The fourth-order valence-electron chi connectivity index (χ4n) is 1.06. The first-order chi connectivity index (χ1) is 6.95. The molecule has 0 unspecified atom stereocenters. The van der Waals surface area contributed by atoms with E-state index in [1.165, 1.54) is 0 Å².